The fourth-order valence-electron chi connectivity index (χ4n) is 5.77. The fraction of sp³-hybridized carbons (Fsp3) is 0.613. The first kappa shape index (κ1) is 32.1. The van der Waals surface area contributed by atoms with Gasteiger partial charge in [0.2, 0.25) is 5.82 Å². The number of hydrogen-bond donors (Lipinski definition) is 1. The van der Waals surface area contributed by atoms with Crippen LogP contribution in [0.3, 0.4) is 0 Å². The first-order chi connectivity index (χ1) is 20.5. The zero-order valence-corrected chi connectivity index (χ0v) is 26.0. The molecule has 1 N–H and O–H groups in total. The highest BCUT2D eigenvalue weighted by molar-refractivity contribution is 6.32. The van der Waals surface area contributed by atoms with Crippen LogP contribution in [0.4, 0.5) is 5.82 Å². The predicted octanol–water partition coefficient (Wildman–Crippen LogP) is 3.82. The standard InChI is InChI=1S/C29H39ClN8O2.C2H6/c1-35-10-6-23(7-11-35)21-37-14-12-36(13-15-37)20-22-2-4-24(5-3-22)29(39)34-38(25-8-16-40-17-9-25)28-26(30)19-32-27(18-31)33-28;1-2/h2-5,19,23,25H,6-17,20-21H2,1H3,(H,34,39);1-2H3. The second-order valence-electron chi connectivity index (χ2n) is 11.2. The molecule has 3 aliphatic rings. The summed E-state index contributed by atoms with van der Waals surface area (Å²) in [5.41, 5.74) is 4.73. The third-order valence-corrected chi connectivity index (χ3v) is 8.54. The number of halogens is 1. The number of hydrogen-bond acceptors (Lipinski definition) is 9. The van der Waals surface area contributed by atoms with E-state index < -0.39 is 0 Å². The van der Waals surface area contributed by atoms with Gasteiger partial charge in [0.15, 0.2) is 5.82 Å². The molecular weight excluding hydrogens is 552 g/mol. The summed E-state index contributed by atoms with van der Waals surface area (Å²) in [5, 5.41) is 11.2. The Morgan fingerprint density at radius 3 is 2.33 bits per heavy atom. The number of hydrazine groups is 1. The van der Waals surface area contributed by atoms with Gasteiger partial charge in [-0.3, -0.25) is 20.1 Å². The highest BCUT2D eigenvalue weighted by Crippen LogP contribution is 2.27. The van der Waals surface area contributed by atoms with Crippen molar-refractivity contribution in [3.8, 4) is 6.07 Å². The Labute approximate surface area is 255 Å². The number of piperazine rings is 1. The molecular formula is C31H45ClN8O2. The molecule has 2 aromatic rings. The molecule has 3 fully saturated rings. The van der Waals surface area contributed by atoms with Crippen LogP contribution in [0, 0.1) is 17.2 Å². The molecule has 0 saturated carbocycles. The van der Waals surface area contributed by atoms with E-state index in [0.717, 1.165) is 38.6 Å². The van der Waals surface area contributed by atoms with Crippen LogP contribution in [0.25, 0.3) is 0 Å². The van der Waals surface area contributed by atoms with Gasteiger partial charge < -0.3 is 14.5 Å². The number of nitrogens with one attached hydrogen (secondary N) is 1. The van der Waals surface area contributed by atoms with Gasteiger partial charge in [-0.2, -0.15) is 10.2 Å². The average Bonchev–Trinajstić information content (AvgIpc) is 3.04. The molecule has 0 atom stereocenters. The Balaban J connectivity index is 0.00000198. The average molecular weight is 597 g/mol. The van der Waals surface area contributed by atoms with Crippen molar-refractivity contribution in [2.24, 2.45) is 5.92 Å². The SMILES string of the molecule is CC.CN1CCC(CN2CCN(Cc3ccc(C(=O)NN(c4nc(C#N)ncc4Cl)C4CCOCC4)cc3)CC2)CC1. The van der Waals surface area contributed by atoms with E-state index in [2.05, 4.69) is 37.1 Å². The van der Waals surface area contributed by atoms with Crippen molar-refractivity contribution in [2.75, 3.05) is 71.1 Å². The van der Waals surface area contributed by atoms with Crippen LogP contribution in [0.2, 0.25) is 5.02 Å². The summed E-state index contributed by atoms with van der Waals surface area (Å²) < 4.78 is 5.50. The van der Waals surface area contributed by atoms with Crippen molar-refractivity contribution >= 4 is 23.3 Å². The summed E-state index contributed by atoms with van der Waals surface area (Å²) in [4.78, 5) is 29.1. The maximum absolute atomic E-state index is 13.3. The minimum Gasteiger partial charge on any atom is -0.381 e. The molecule has 1 amide bonds. The van der Waals surface area contributed by atoms with Gasteiger partial charge in [-0.15, -0.1) is 0 Å². The van der Waals surface area contributed by atoms with Gasteiger partial charge in [-0.25, -0.2) is 4.98 Å². The number of ether oxygens (including phenoxy) is 1. The van der Waals surface area contributed by atoms with Crippen LogP contribution in [0.1, 0.15) is 61.3 Å². The summed E-state index contributed by atoms with van der Waals surface area (Å²) in [6.45, 7) is 14.1. The second kappa shape index (κ2) is 16.1. The lowest BCUT2D eigenvalue weighted by Gasteiger charge is -2.38. The maximum atomic E-state index is 13.3. The van der Waals surface area contributed by atoms with Crippen LogP contribution in [0.15, 0.2) is 30.5 Å². The number of carbonyl (C=O) groups is 1. The number of anilines is 1. The lowest BCUT2D eigenvalue weighted by atomic mass is 9.96. The van der Waals surface area contributed by atoms with Crippen molar-refractivity contribution in [1.29, 1.82) is 5.26 Å². The van der Waals surface area contributed by atoms with Gasteiger partial charge in [0.05, 0.1) is 12.2 Å². The van der Waals surface area contributed by atoms with E-state index in [1.54, 1.807) is 5.01 Å². The van der Waals surface area contributed by atoms with Gasteiger partial charge in [0.1, 0.15) is 11.1 Å². The molecule has 0 aliphatic carbocycles. The van der Waals surface area contributed by atoms with Crippen molar-refractivity contribution in [1.82, 2.24) is 30.1 Å². The Bertz CT molecular complexity index is 1170. The molecule has 4 heterocycles. The number of carbonyl (C=O) groups excluding carboxylic acids is 1. The third-order valence-electron chi connectivity index (χ3n) is 8.27. The smallest absolute Gasteiger partial charge is 0.269 e. The molecule has 10 nitrogen and oxygen atoms in total. The number of rotatable bonds is 8. The van der Waals surface area contributed by atoms with Gasteiger partial charge in [0, 0.05) is 58.0 Å². The first-order valence-corrected chi connectivity index (χ1v) is 15.7. The number of piperidine rings is 1. The first-order valence-electron chi connectivity index (χ1n) is 15.3. The van der Waals surface area contributed by atoms with Gasteiger partial charge in [-0.05, 0) is 69.4 Å². The highest BCUT2D eigenvalue weighted by atomic mass is 35.5. The van der Waals surface area contributed by atoms with Gasteiger partial charge in [-0.1, -0.05) is 37.6 Å². The molecule has 0 bridgehead atoms. The molecule has 228 valence electrons. The molecule has 5 rings (SSSR count). The normalized spacial score (nSPS) is 19.4. The predicted molar refractivity (Wildman–Crippen MR) is 165 cm³/mol. The lowest BCUT2D eigenvalue weighted by Crippen LogP contribution is -2.51. The number of nitrogens with zero attached hydrogens (tertiary/aromatic N) is 7. The Hall–Kier alpha value is -2.81. The Morgan fingerprint density at radius 2 is 1.69 bits per heavy atom. The summed E-state index contributed by atoms with van der Waals surface area (Å²) in [5.74, 6) is 0.897. The van der Waals surface area contributed by atoms with Crippen LogP contribution >= 0.6 is 11.6 Å². The number of nitriles is 1. The topological polar surface area (TPSA) is 101 Å². The summed E-state index contributed by atoms with van der Waals surface area (Å²) in [6, 6.07) is 9.68. The maximum Gasteiger partial charge on any atom is 0.269 e. The molecule has 1 aromatic carbocycles. The van der Waals surface area contributed by atoms with Crippen molar-refractivity contribution in [3.63, 3.8) is 0 Å². The molecule has 0 radical (unpaired) electrons. The van der Waals surface area contributed by atoms with Crippen LogP contribution in [-0.2, 0) is 11.3 Å². The molecule has 0 spiro atoms. The van der Waals surface area contributed by atoms with Crippen molar-refractivity contribution < 1.29 is 9.53 Å². The minimum atomic E-state index is -0.256. The summed E-state index contributed by atoms with van der Waals surface area (Å²) in [7, 11) is 2.22. The van der Waals surface area contributed by atoms with E-state index in [1.807, 2.05) is 44.2 Å². The van der Waals surface area contributed by atoms with E-state index in [1.165, 1.54) is 44.2 Å². The zero-order chi connectivity index (χ0) is 29.9. The van der Waals surface area contributed by atoms with Crippen molar-refractivity contribution in [2.45, 2.75) is 52.1 Å². The molecule has 1 aromatic heterocycles. The molecule has 3 saturated heterocycles. The summed E-state index contributed by atoms with van der Waals surface area (Å²) in [6.07, 6.45) is 5.43. The fourth-order valence-corrected chi connectivity index (χ4v) is 5.96. The van der Waals surface area contributed by atoms with Crippen molar-refractivity contribution in [3.05, 3.63) is 52.4 Å². The largest absolute Gasteiger partial charge is 0.381 e. The monoisotopic (exact) mass is 596 g/mol. The highest BCUT2D eigenvalue weighted by Gasteiger charge is 2.28. The summed E-state index contributed by atoms with van der Waals surface area (Å²) >= 11 is 6.40. The van der Waals surface area contributed by atoms with E-state index in [4.69, 9.17) is 16.3 Å². The lowest BCUT2D eigenvalue weighted by molar-refractivity contribution is 0.0775. The Kier molecular flexibility index (Phi) is 12.3. The van der Waals surface area contributed by atoms with Gasteiger partial charge in [0.25, 0.3) is 5.91 Å². The van der Waals surface area contributed by atoms with Crippen LogP contribution < -0.4 is 10.4 Å². The molecule has 3 aliphatic heterocycles. The zero-order valence-electron chi connectivity index (χ0n) is 25.3. The quantitative estimate of drug-likeness (QED) is 0.456. The Morgan fingerprint density at radius 1 is 1.05 bits per heavy atom. The minimum absolute atomic E-state index is 0.00212. The molecule has 11 heteroatoms. The van der Waals surface area contributed by atoms with E-state index >= 15 is 0 Å². The number of likely N-dealkylation sites (tertiary alicyclic amines) is 1. The van der Waals surface area contributed by atoms with E-state index in [-0.39, 0.29) is 22.8 Å². The molecule has 0 unspecified atom stereocenters. The second-order valence-corrected chi connectivity index (χ2v) is 11.6. The van der Waals surface area contributed by atoms with Gasteiger partial charge >= 0.3 is 0 Å². The molecule has 42 heavy (non-hydrogen) atoms. The van der Waals surface area contributed by atoms with Crippen LogP contribution in [0.5, 0.6) is 0 Å². The van der Waals surface area contributed by atoms with E-state index in [9.17, 15) is 10.1 Å². The number of aromatic nitrogens is 2. The van der Waals surface area contributed by atoms with E-state index in [0.29, 0.717) is 37.4 Å². The van der Waals surface area contributed by atoms with Crippen LogP contribution in [-0.4, -0.2) is 103 Å². The number of benzene rings is 1. The number of amides is 1. The third kappa shape index (κ3) is 8.85.